The van der Waals surface area contributed by atoms with Crippen LogP contribution in [0.3, 0.4) is 0 Å². The summed E-state index contributed by atoms with van der Waals surface area (Å²) in [6, 6.07) is 11.0. The van der Waals surface area contributed by atoms with Gasteiger partial charge in [-0.1, -0.05) is 30.7 Å². The van der Waals surface area contributed by atoms with Crippen LogP contribution in [-0.2, 0) is 21.3 Å². The van der Waals surface area contributed by atoms with Crippen LogP contribution in [0.1, 0.15) is 59.4 Å². The number of Topliss-reactive ketones (excluding diaryl/α,β-unsaturated/α-hetero) is 1. The molecule has 162 valence electrons. The largest absolute Gasteiger partial charge is 0.522 e. The van der Waals surface area contributed by atoms with Crippen molar-refractivity contribution >= 4 is 15.9 Å². The molecule has 1 atom stereocenters. The van der Waals surface area contributed by atoms with E-state index in [1.807, 2.05) is 0 Å². The van der Waals surface area contributed by atoms with Crippen molar-refractivity contribution in [2.75, 3.05) is 0 Å². The normalized spacial score (nSPS) is 18.3. The predicted molar refractivity (Wildman–Crippen MR) is 108 cm³/mol. The Balaban J connectivity index is 0.000000275. The average molecular weight is 440 g/mol. The Morgan fingerprint density at radius 1 is 1.03 bits per heavy atom. The van der Waals surface area contributed by atoms with Crippen molar-refractivity contribution < 1.29 is 30.9 Å². The standard InChI is InChI=1S/C21H22O.CHF3O3S/c1-13-14(2)19(17-9-5-6-10-21(17)22)12-20-16-8-4-3-7-15(16)11-18(13)20;2-1(3,4)8(5,6)7/h3-4,7-8,12,17H,5-6,9-11H2,1-2H3;(H,5,6,7). The molecular weight excluding hydrogens is 417 g/mol. The number of carbonyl (C=O) groups excluding carboxylic acids is 1. The molecule has 0 amide bonds. The second kappa shape index (κ2) is 8.15. The first kappa shape index (κ1) is 22.5. The quantitative estimate of drug-likeness (QED) is 0.401. The van der Waals surface area contributed by atoms with Gasteiger partial charge < -0.3 is 0 Å². The fraction of sp³-hybridized carbons (Fsp3) is 0.409. The van der Waals surface area contributed by atoms with Crippen LogP contribution in [0.25, 0.3) is 11.1 Å². The number of hydrogen-bond donors (Lipinski definition) is 1. The van der Waals surface area contributed by atoms with Crippen LogP contribution in [0.5, 0.6) is 0 Å². The number of alkyl halides is 3. The Morgan fingerprint density at radius 3 is 2.27 bits per heavy atom. The molecule has 0 bridgehead atoms. The third kappa shape index (κ3) is 4.30. The lowest BCUT2D eigenvalue weighted by Gasteiger charge is -2.25. The zero-order valence-electron chi connectivity index (χ0n) is 16.7. The van der Waals surface area contributed by atoms with Crippen molar-refractivity contribution in [3.8, 4) is 11.1 Å². The van der Waals surface area contributed by atoms with Crippen molar-refractivity contribution in [3.05, 3.63) is 58.1 Å². The van der Waals surface area contributed by atoms with Gasteiger partial charge in [0.25, 0.3) is 0 Å². The molecule has 1 fully saturated rings. The van der Waals surface area contributed by atoms with Gasteiger partial charge in [-0.25, -0.2) is 0 Å². The molecule has 0 saturated heterocycles. The van der Waals surface area contributed by atoms with Crippen LogP contribution in [0, 0.1) is 13.8 Å². The third-order valence-corrected chi connectivity index (χ3v) is 6.56. The number of hydrogen-bond acceptors (Lipinski definition) is 3. The predicted octanol–water partition coefficient (Wildman–Crippen LogP) is 5.50. The molecule has 2 aromatic carbocycles. The fourth-order valence-corrected chi connectivity index (χ4v) is 4.27. The van der Waals surface area contributed by atoms with Gasteiger partial charge in [0, 0.05) is 12.3 Å². The monoisotopic (exact) mass is 440 g/mol. The molecule has 0 aliphatic heterocycles. The van der Waals surface area contributed by atoms with E-state index in [-0.39, 0.29) is 5.92 Å². The van der Waals surface area contributed by atoms with Crippen LogP contribution in [-0.4, -0.2) is 24.3 Å². The Morgan fingerprint density at radius 2 is 1.67 bits per heavy atom. The van der Waals surface area contributed by atoms with Crippen LogP contribution in [0.4, 0.5) is 13.2 Å². The van der Waals surface area contributed by atoms with Gasteiger partial charge in [0.15, 0.2) is 0 Å². The van der Waals surface area contributed by atoms with Crippen LogP contribution in [0.2, 0.25) is 0 Å². The molecular formula is C22H23F3O4S. The lowest BCUT2D eigenvalue weighted by atomic mass is 9.79. The second-order valence-electron chi connectivity index (χ2n) is 7.76. The van der Waals surface area contributed by atoms with E-state index in [9.17, 15) is 18.0 Å². The molecule has 0 radical (unpaired) electrons. The van der Waals surface area contributed by atoms with Crippen molar-refractivity contribution in [3.63, 3.8) is 0 Å². The van der Waals surface area contributed by atoms with Gasteiger partial charge in [0.1, 0.15) is 5.78 Å². The molecule has 0 aromatic heterocycles. The fourth-order valence-electron chi connectivity index (χ4n) is 4.27. The number of fused-ring (bicyclic) bond motifs is 3. The second-order valence-corrected chi connectivity index (χ2v) is 9.17. The third-order valence-electron chi connectivity index (χ3n) is 5.97. The number of carbonyl (C=O) groups is 1. The van der Waals surface area contributed by atoms with E-state index in [2.05, 4.69) is 44.2 Å². The first-order valence-electron chi connectivity index (χ1n) is 9.69. The first-order valence-corrected chi connectivity index (χ1v) is 11.1. The lowest BCUT2D eigenvalue weighted by molar-refractivity contribution is -0.121. The van der Waals surface area contributed by atoms with E-state index in [1.54, 1.807) is 0 Å². The van der Waals surface area contributed by atoms with Crippen molar-refractivity contribution in [2.24, 2.45) is 0 Å². The highest BCUT2D eigenvalue weighted by Gasteiger charge is 2.44. The zero-order valence-corrected chi connectivity index (χ0v) is 17.5. The van der Waals surface area contributed by atoms with Gasteiger partial charge in [-0.2, -0.15) is 21.6 Å². The van der Waals surface area contributed by atoms with Crippen molar-refractivity contribution in [1.29, 1.82) is 0 Å². The lowest BCUT2D eigenvalue weighted by Crippen LogP contribution is -2.21. The van der Waals surface area contributed by atoms with E-state index >= 15 is 0 Å². The summed E-state index contributed by atoms with van der Waals surface area (Å²) in [6.07, 6.45) is 5.08. The van der Waals surface area contributed by atoms with E-state index in [4.69, 9.17) is 13.0 Å². The van der Waals surface area contributed by atoms with Crippen LogP contribution >= 0.6 is 0 Å². The maximum atomic E-state index is 12.4. The Hall–Kier alpha value is -2.19. The smallest absolute Gasteiger partial charge is 0.299 e. The molecule has 8 heteroatoms. The van der Waals surface area contributed by atoms with Gasteiger partial charge >= 0.3 is 15.6 Å². The Kier molecular flexibility index (Phi) is 6.11. The van der Waals surface area contributed by atoms with Crippen molar-refractivity contribution in [2.45, 2.75) is 57.4 Å². The summed E-state index contributed by atoms with van der Waals surface area (Å²) in [5, 5.41) is 0. The molecule has 2 aliphatic carbocycles. The molecule has 0 spiro atoms. The highest BCUT2D eigenvalue weighted by molar-refractivity contribution is 7.86. The SMILES string of the molecule is Cc1c(C2CCCCC2=O)cc2c(c1C)Cc1ccccc1-2.O=S(=O)(O)C(F)(F)F. The van der Waals surface area contributed by atoms with E-state index in [0.717, 1.165) is 25.7 Å². The maximum absolute atomic E-state index is 12.4. The summed E-state index contributed by atoms with van der Waals surface area (Å²) in [5.41, 5.74) is 4.11. The van der Waals surface area contributed by atoms with Crippen LogP contribution < -0.4 is 0 Å². The summed E-state index contributed by atoms with van der Waals surface area (Å²) in [7, 11) is -5.84. The molecule has 1 N–H and O–H groups in total. The maximum Gasteiger partial charge on any atom is 0.522 e. The molecule has 2 aliphatic rings. The Bertz CT molecular complexity index is 1090. The number of rotatable bonds is 1. The van der Waals surface area contributed by atoms with E-state index in [1.165, 1.54) is 45.4 Å². The first-order chi connectivity index (χ1) is 13.9. The molecule has 2 aromatic rings. The number of halogens is 3. The summed E-state index contributed by atoms with van der Waals surface area (Å²) in [6.45, 7) is 4.44. The molecule has 4 nitrogen and oxygen atoms in total. The minimum Gasteiger partial charge on any atom is -0.299 e. The summed E-state index contributed by atoms with van der Waals surface area (Å²) >= 11 is 0. The van der Waals surface area contributed by atoms with Crippen molar-refractivity contribution in [1.82, 2.24) is 0 Å². The molecule has 1 saturated carbocycles. The van der Waals surface area contributed by atoms with Crippen LogP contribution in [0.15, 0.2) is 30.3 Å². The highest BCUT2D eigenvalue weighted by Crippen LogP contribution is 2.43. The van der Waals surface area contributed by atoms with Gasteiger partial charge in [0.2, 0.25) is 0 Å². The number of ketones is 1. The van der Waals surface area contributed by atoms with Gasteiger partial charge in [-0.15, -0.1) is 0 Å². The van der Waals surface area contributed by atoms with E-state index < -0.39 is 15.6 Å². The highest BCUT2D eigenvalue weighted by atomic mass is 32.2. The minimum absolute atomic E-state index is 0.130. The summed E-state index contributed by atoms with van der Waals surface area (Å²) in [4.78, 5) is 12.4. The zero-order chi connectivity index (χ0) is 22.3. The molecule has 30 heavy (non-hydrogen) atoms. The molecule has 4 rings (SSSR count). The number of benzene rings is 2. The average Bonchev–Trinajstić information content (AvgIpc) is 3.03. The summed E-state index contributed by atoms with van der Waals surface area (Å²) < 4.78 is 57.5. The molecule has 0 heterocycles. The minimum atomic E-state index is -5.84. The Labute approximate surface area is 173 Å². The van der Waals surface area contributed by atoms with Gasteiger partial charge in [0.05, 0.1) is 0 Å². The topological polar surface area (TPSA) is 71.4 Å². The van der Waals surface area contributed by atoms with E-state index in [0.29, 0.717) is 5.78 Å². The molecule has 1 unspecified atom stereocenters. The van der Waals surface area contributed by atoms with Gasteiger partial charge in [-0.05, 0) is 78.1 Å². The van der Waals surface area contributed by atoms with Gasteiger partial charge in [-0.3, -0.25) is 9.35 Å². The summed E-state index contributed by atoms with van der Waals surface area (Å²) in [5.74, 6) is 0.575.